The zero-order valence-electron chi connectivity index (χ0n) is 13.1. The summed E-state index contributed by atoms with van der Waals surface area (Å²) in [6.45, 7) is 3.78. The number of rotatable bonds is 6. The molecule has 0 saturated carbocycles. The second kappa shape index (κ2) is 7.73. The largest absolute Gasteiger partial charge is 0.416 e. The number of benzene rings is 1. The number of aryl methyl sites for hydroxylation is 1. The summed E-state index contributed by atoms with van der Waals surface area (Å²) in [4.78, 5) is 25.9. The molecule has 0 aliphatic heterocycles. The number of halogens is 3. The van der Waals surface area contributed by atoms with E-state index < -0.39 is 17.3 Å². The van der Waals surface area contributed by atoms with Gasteiger partial charge >= 0.3 is 6.18 Å². The standard InChI is InChI=1S/C16H15F3N4O2/c1-2-8-20-13(24)7-6-12-15(25)21-14(23-22-12)10-4-3-5-11(9-10)16(17,18)19/h2-5,9H,1,6-8H2,(H,20,24)(H,21,23,25). The Hall–Kier alpha value is -2.97. The number of aromatic nitrogens is 3. The van der Waals surface area contributed by atoms with Crippen molar-refractivity contribution >= 4 is 5.91 Å². The number of aromatic amines is 1. The van der Waals surface area contributed by atoms with Crippen LogP contribution in [-0.4, -0.2) is 27.6 Å². The number of alkyl halides is 3. The van der Waals surface area contributed by atoms with Crippen LogP contribution < -0.4 is 10.9 Å². The average molecular weight is 352 g/mol. The van der Waals surface area contributed by atoms with Crippen LogP contribution in [0.25, 0.3) is 11.4 Å². The maximum absolute atomic E-state index is 12.7. The van der Waals surface area contributed by atoms with Gasteiger partial charge in [0.15, 0.2) is 5.82 Å². The molecular weight excluding hydrogens is 337 g/mol. The minimum atomic E-state index is -4.50. The average Bonchev–Trinajstić information content (AvgIpc) is 2.58. The Balaban J connectivity index is 2.16. The highest BCUT2D eigenvalue weighted by Crippen LogP contribution is 2.31. The van der Waals surface area contributed by atoms with Crippen LogP contribution in [0.4, 0.5) is 13.2 Å². The van der Waals surface area contributed by atoms with Gasteiger partial charge in [0.25, 0.3) is 5.56 Å². The van der Waals surface area contributed by atoms with E-state index in [2.05, 4.69) is 27.1 Å². The van der Waals surface area contributed by atoms with Crippen molar-refractivity contribution in [3.05, 3.63) is 58.5 Å². The molecule has 0 radical (unpaired) electrons. The molecule has 0 spiro atoms. The van der Waals surface area contributed by atoms with Crippen molar-refractivity contribution in [2.75, 3.05) is 6.54 Å². The van der Waals surface area contributed by atoms with E-state index in [9.17, 15) is 22.8 Å². The Morgan fingerprint density at radius 1 is 1.32 bits per heavy atom. The van der Waals surface area contributed by atoms with Crippen LogP contribution in [0.15, 0.2) is 41.7 Å². The highest BCUT2D eigenvalue weighted by atomic mass is 19.4. The lowest BCUT2D eigenvalue weighted by Crippen LogP contribution is -2.25. The zero-order valence-corrected chi connectivity index (χ0v) is 13.1. The molecule has 2 aromatic rings. The van der Waals surface area contributed by atoms with Crippen LogP contribution >= 0.6 is 0 Å². The number of hydrogen-bond donors (Lipinski definition) is 2. The van der Waals surface area contributed by atoms with E-state index >= 15 is 0 Å². The van der Waals surface area contributed by atoms with Crippen molar-refractivity contribution in [1.29, 1.82) is 0 Å². The first kappa shape index (κ1) is 18.4. The normalized spacial score (nSPS) is 11.2. The van der Waals surface area contributed by atoms with Crippen LogP contribution in [0, 0.1) is 0 Å². The van der Waals surface area contributed by atoms with Gasteiger partial charge in [0.05, 0.1) is 5.56 Å². The second-order valence-corrected chi connectivity index (χ2v) is 5.12. The molecule has 25 heavy (non-hydrogen) atoms. The molecule has 2 N–H and O–H groups in total. The lowest BCUT2D eigenvalue weighted by atomic mass is 10.1. The highest BCUT2D eigenvalue weighted by Gasteiger charge is 2.30. The fraction of sp³-hybridized carbons (Fsp3) is 0.250. The summed E-state index contributed by atoms with van der Waals surface area (Å²) in [6.07, 6.45) is -2.88. The van der Waals surface area contributed by atoms with E-state index in [4.69, 9.17) is 0 Å². The summed E-state index contributed by atoms with van der Waals surface area (Å²) in [5, 5.41) is 10.0. The molecule has 0 unspecified atom stereocenters. The van der Waals surface area contributed by atoms with Gasteiger partial charge < -0.3 is 10.3 Å². The smallest absolute Gasteiger partial charge is 0.353 e. The first-order chi connectivity index (χ1) is 11.8. The minimum Gasteiger partial charge on any atom is -0.353 e. The molecule has 6 nitrogen and oxygen atoms in total. The van der Waals surface area contributed by atoms with Crippen LogP contribution in [0.1, 0.15) is 17.7 Å². The maximum atomic E-state index is 12.7. The van der Waals surface area contributed by atoms with E-state index in [1.54, 1.807) is 0 Å². The number of carbonyl (C=O) groups excluding carboxylic acids is 1. The topological polar surface area (TPSA) is 87.7 Å². The molecule has 0 saturated heterocycles. The van der Waals surface area contributed by atoms with Gasteiger partial charge in [-0.25, -0.2) is 0 Å². The second-order valence-electron chi connectivity index (χ2n) is 5.12. The quantitative estimate of drug-likeness (QED) is 0.779. The third-order valence-electron chi connectivity index (χ3n) is 3.26. The van der Waals surface area contributed by atoms with Crippen molar-refractivity contribution < 1.29 is 18.0 Å². The number of nitrogens with one attached hydrogen (secondary N) is 2. The van der Waals surface area contributed by atoms with Gasteiger partial charge in [0.1, 0.15) is 5.69 Å². The molecule has 0 atom stereocenters. The summed E-state index contributed by atoms with van der Waals surface area (Å²) >= 11 is 0. The maximum Gasteiger partial charge on any atom is 0.416 e. The molecule has 0 fully saturated rings. The highest BCUT2D eigenvalue weighted by molar-refractivity contribution is 5.76. The summed E-state index contributed by atoms with van der Waals surface area (Å²) < 4.78 is 38.2. The predicted octanol–water partition coefficient (Wildman–Crippen LogP) is 2.09. The third-order valence-corrected chi connectivity index (χ3v) is 3.26. The molecule has 0 aliphatic carbocycles. The van der Waals surface area contributed by atoms with Crippen LogP contribution in [-0.2, 0) is 17.4 Å². The molecule has 9 heteroatoms. The van der Waals surface area contributed by atoms with Crippen LogP contribution in [0.3, 0.4) is 0 Å². The Morgan fingerprint density at radius 3 is 2.72 bits per heavy atom. The number of carbonyl (C=O) groups is 1. The van der Waals surface area contributed by atoms with Gasteiger partial charge in [-0.2, -0.15) is 13.2 Å². The van der Waals surface area contributed by atoms with Crippen molar-refractivity contribution in [2.45, 2.75) is 19.0 Å². The molecule has 2 rings (SSSR count). The monoisotopic (exact) mass is 352 g/mol. The fourth-order valence-corrected chi connectivity index (χ4v) is 2.00. The third kappa shape index (κ3) is 5.00. The molecular formula is C16H15F3N4O2. The van der Waals surface area contributed by atoms with E-state index in [1.807, 2.05) is 0 Å². The van der Waals surface area contributed by atoms with Crippen molar-refractivity contribution in [1.82, 2.24) is 20.5 Å². The first-order valence-corrected chi connectivity index (χ1v) is 7.32. The summed E-state index contributed by atoms with van der Waals surface area (Å²) in [6, 6.07) is 4.40. The molecule has 0 bridgehead atoms. The minimum absolute atomic E-state index is 0.0319. The van der Waals surface area contributed by atoms with Crippen molar-refractivity contribution in [2.24, 2.45) is 0 Å². The van der Waals surface area contributed by atoms with Gasteiger partial charge in [0.2, 0.25) is 5.91 Å². The van der Waals surface area contributed by atoms with E-state index in [0.717, 1.165) is 12.1 Å². The Kier molecular flexibility index (Phi) is 5.68. The van der Waals surface area contributed by atoms with Gasteiger partial charge in [-0.15, -0.1) is 16.8 Å². The molecule has 1 heterocycles. The zero-order chi connectivity index (χ0) is 18.4. The van der Waals surface area contributed by atoms with Gasteiger partial charge in [0, 0.05) is 24.9 Å². The molecule has 0 aliphatic rings. The van der Waals surface area contributed by atoms with E-state index in [1.165, 1.54) is 18.2 Å². The molecule has 1 amide bonds. The van der Waals surface area contributed by atoms with Crippen LogP contribution in [0.5, 0.6) is 0 Å². The first-order valence-electron chi connectivity index (χ1n) is 7.32. The lowest BCUT2D eigenvalue weighted by molar-refractivity contribution is -0.137. The summed E-state index contributed by atoms with van der Waals surface area (Å²) in [7, 11) is 0. The lowest BCUT2D eigenvalue weighted by Gasteiger charge is -2.08. The molecule has 1 aromatic carbocycles. The molecule has 132 valence electrons. The SMILES string of the molecule is C=CCNC(=O)CCc1nnc(-c2cccc(C(F)(F)F)c2)[nH]c1=O. The Bertz CT molecular complexity index is 831. The Labute approximate surface area is 140 Å². The summed E-state index contributed by atoms with van der Waals surface area (Å²) in [5.41, 5.74) is -1.33. The predicted molar refractivity (Wildman–Crippen MR) is 84.6 cm³/mol. The Morgan fingerprint density at radius 2 is 2.08 bits per heavy atom. The van der Waals surface area contributed by atoms with Gasteiger partial charge in [-0.05, 0) is 12.1 Å². The van der Waals surface area contributed by atoms with Gasteiger partial charge in [-0.3, -0.25) is 9.59 Å². The number of H-pyrrole nitrogens is 1. The fourth-order valence-electron chi connectivity index (χ4n) is 2.00. The summed E-state index contributed by atoms with van der Waals surface area (Å²) in [5.74, 6) is -0.348. The van der Waals surface area contributed by atoms with E-state index in [-0.39, 0.29) is 35.8 Å². The number of amides is 1. The van der Waals surface area contributed by atoms with Crippen molar-refractivity contribution in [3.63, 3.8) is 0 Å². The van der Waals surface area contributed by atoms with E-state index in [0.29, 0.717) is 6.54 Å². The molecule has 1 aromatic heterocycles. The van der Waals surface area contributed by atoms with Crippen molar-refractivity contribution in [3.8, 4) is 11.4 Å². The number of hydrogen-bond acceptors (Lipinski definition) is 4. The van der Waals surface area contributed by atoms with Gasteiger partial charge in [-0.1, -0.05) is 18.2 Å². The number of nitrogens with zero attached hydrogens (tertiary/aromatic N) is 2. The van der Waals surface area contributed by atoms with Crippen LogP contribution in [0.2, 0.25) is 0 Å².